The van der Waals surface area contributed by atoms with Crippen LogP contribution in [0.4, 0.5) is 5.69 Å². The van der Waals surface area contributed by atoms with Gasteiger partial charge in [-0.15, -0.1) is 0 Å². The highest BCUT2D eigenvalue weighted by Crippen LogP contribution is 2.34. The van der Waals surface area contributed by atoms with Crippen LogP contribution in [0, 0.1) is 5.39 Å². The largest absolute Gasteiger partial charge is 0.527 e. The zero-order valence-electron chi connectivity index (χ0n) is 8.43. The van der Waals surface area contributed by atoms with E-state index >= 15 is 0 Å². The minimum absolute atomic E-state index is 0.0514. The number of diazo groups is 1. The van der Waals surface area contributed by atoms with Crippen LogP contribution in [0.5, 0.6) is 5.75 Å². The Balaban J connectivity index is 2.38. The number of benzene rings is 1. The molecule has 0 amide bonds. The minimum atomic E-state index is -0.780. The van der Waals surface area contributed by atoms with E-state index in [9.17, 15) is 4.79 Å². The first-order valence-corrected chi connectivity index (χ1v) is 4.48. The highest BCUT2D eigenvalue weighted by Gasteiger charge is 2.35. The Kier molecular flexibility index (Phi) is 2.44. The number of esters is 1. The Morgan fingerprint density at radius 1 is 1.50 bits per heavy atom. The molecule has 1 heterocycles. The van der Waals surface area contributed by atoms with Gasteiger partial charge in [0.2, 0.25) is 5.39 Å². The fourth-order valence-electron chi connectivity index (χ4n) is 1.30. The van der Waals surface area contributed by atoms with E-state index in [-0.39, 0.29) is 11.6 Å². The summed E-state index contributed by atoms with van der Waals surface area (Å²) < 4.78 is 9.74. The van der Waals surface area contributed by atoms with Crippen LogP contribution in [-0.4, -0.2) is 13.1 Å². The number of hydrogen-bond acceptors (Lipinski definition) is 5. The number of anilines is 1. The molecule has 1 aliphatic heterocycles. The monoisotopic (exact) mass is 218 g/mol. The normalized spacial score (nSPS) is 15.2. The number of ether oxygens (including phenoxy) is 2. The van der Waals surface area contributed by atoms with Crippen LogP contribution < -0.4 is 10.1 Å². The van der Waals surface area contributed by atoms with E-state index in [2.05, 4.69) is 15.0 Å². The zero-order valence-corrected chi connectivity index (χ0v) is 8.43. The molecule has 0 radical (unpaired) electrons. The standard InChI is InChI=1S/C10H7N3O3/c1-15-10(14)8(13-11)9-12-6-4-2-3-5-7(6)16-9/h2-5H,1H3/p+1. The van der Waals surface area contributed by atoms with Crippen molar-refractivity contribution in [2.45, 2.75) is 0 Å². The number of para-hydroxylation sites is 2. The van der Waals surface area contributed by atoms with Crippen molar-refractivity contribution in [1.82, 2.24) is 0 Å². The summed E-state index contributed by atoms with van der Waals surface area (Å²) in [6, 6.07) is 7.10. The third-order valence-corrected chi connectivity index (χ3v) is 2.04. The summed E-state index contributed by atoms with van der Waals surface area (Å²) in [7, 11) is 1.19. The Labute approximate surface area is 91.1 Å². The van der Waals surface area contributed by atoms with E-state index in [4.69, 9.17) is 10.1 Å². The van der Waals surface area contributed by atoms with E-state index in [0.717, 1.165) is 0 Å². The number of nitrogens with one attached hydrogen (secondary N) is 1. The van der Waals surface area contributed by atoms with Gasteiger partial charge in [0, 0.05) is 0 Å². The summed E-state index contributed by atoms with van der Waals surface area (Å²) in [5.41, 5.74) is 0.390. The van der Waals surface area contributed by atoms with Gasteiger partial charge in [-0.25, -0.2) is 4.79 Å². The lowest BCUT2D eigenvalue weighted by atomic mass is 10.3. The van der Waals surface area contributed by atoms with Gasteiger partial charge in [-0.1, -0.05) is 12.1 Å². The summed E-state index contributed by atoms with van der Waals surface area (Å²) in [4.78, 5) is 14.1. The molecule has 80 valence electrons. The molecular formula is C10H8N3O3+. The predicted octanol–water partition coefficient (Wildman–Crippen LogP) is 1.69. The maximum Gasteiger partial charge on any atom is 0.527 e. The van der Waals surface area contributed by atoms with Gasteiger partial charge >= 0.3 is 17.5 Å². The average Bonchev–Trinajstić information content (AvgIpc) is 2.72. The predicted molar refractivity (Wildman–Crippen MR) is 54.8 cm³/mol. The number of methoxy groups -OCH3 is 1. The number of nitrogens with zero attached hydrogens (tertiary/aromatic N) is 2. The molecule has 0 bridgehead atoms. The zero-order chi connectivity index (χ0) is 11.5. The third-order valence-electron chi connectivity index (χ3n) is 2.04. The molecule has 0 spiro atoms. The first kappa shape index (κ1) is 9.98. The van der Waals surface area contributed by atoms with Crippen molar-refractivity contribution in [3.63, 3.8) is 0 Å². The molecule has 0 unspecified atom stereocenters. The molecule has 1 aliphatic rings. The van der Waals surface area contributed by atoms with E-state index in [1.165, 1.54) is 7.11 Å². The number of fused-ring (bicyclic) bond motifs is 1. The van der Waals surface area contributed by atoms with Gasteiger partial charge < -0.3 is 14.8 Å². The van der Waals surface area contributed by atoms with Gasteiger partial charge in [-0.3, -0.25) is 0 Å². The number of rotatable bonds is 1. The van der Waals surface area contributed by atoms with Crippen molar-refractivity contribution in [2.24, 2.45) is 0 Å². The fraction of sp³-hybridized carbons (Fsp3) is 0.100. The molecule has 1 aromatic rings. The number of carbonyl (C=O) groups is 1. The van der Waals surface area contributed by atoms with Gasteiger partial charge in [-0.2, -0.15) is 0 Å². The Hall–Kier alpha value is -2.55. The molecule has 0 saturated heterocycles. The Bertz CT molecular complexity index is 489. The molecule has 6 nitrogen and oxygen atoms in total. The summed E-state index contributed by atoms with van der Waals surface area (Å²) in [6.07, 6.45) is 0. The second-order valence-corrected chi connectivity index (χ2v) is 2.99. The molecule has 0 aromatic heterocycles. The van der Waals surface area contributed by atoms with Crippen molar-refractivity contribution in [3.8, 4) is 5.75 Å². The molecule has 0 fully saturated rings. The lowest BCUT2D eigenvalue weighted by molar-refractivity contribution is -0.135. The molecule has 6 heteroatoms. The topological polar surface area (TPSA) is 75.7 Å². The van der Waals surface area contributed by atoms with Crippen molar-refractivity contribution >= 4 is 11.7 Å². The molecule has 16 heavy (non-hydrogen) atoms. The van der Waals surface area contributed by atoms with Gasteiger partial charge in [0.25, 0.3) is 0 Å². The summed E-state index contributed by atoms with van der Waals surface area (Å²) in [5, 5.41) is 11.5. The van der Waals surface area contributed by atoms with Gasteiger partial charge in [0.1, 0.15) is 0 Å². The van der Waals surface area contributed by atoms with Crippen LogP contribution >= 0.6 is 0 Å². The highest BCUT2D eigenvalue weighted by atomic mass is 16.5. The first-order valence-electron chi connectivity index (χ1n) is 4.48. The fourth-order valence-corrected chi connectivity index (χ4v) is 1.30. The van der Waals surface area contributed by atoms with Crippen LogP contribution in [0.1, 0.15) is 0 Å². The molecule has 0 saturated carbocycles. The maximum absolute atomic E-state index is 11.2. The van der Waals surface area contributed by atoms with Crippen molar-refractivity contribution in [1.29, 1.82) is 5.39 Å². The van der Waals surface area contributed by atoms with Crippen molar-refractivity contribution in [3.05, 3.63) is 40.8 Å². The smallest absolute Gasteiger partial charge is 0.460 e. The molecule has 1 N–H and O–H groups in total. The van der Waals surface area contributed by atoms with Crippen LogP contribution in [0.2, 0.25) is 0 Å². The first-order chi connectivity index (χ1) is 7.76. The molecule has 1 aromatic carbocycles. The van der Waals surface area contributed by atoms with Crippen LogP contribution in [-0.2, 0) is 9.53 Å². The summed E-state index contributed by atoms with van der Waals surface area (Å²) in [6.45, 7) is 0. The second kappa shape index (κ2) is 3.90. The van der Waals surface area contributed by atoms with Crippen LogP contribution in [0.3, 0.4) is 0 Å². The minimum Gasteiger partial charge on any atom is -0.460 e. The molecule has 0 atom stereocenters. The van der Waals surface area contributed by atoms with Crippen molar-refractivity contribution < 1.29 is 14.3 Å². The van der Waals surface area contributed by atoms with E-state index in [1.807, 2.05) is 6.07 Å². The third kappa shape index (κ3) is 1.54. The van der Waals surface area contributed by atoms with Crippen LogP contribution in [0.15, 0.2) is 35.8 Å². The quantitative estimate of drug-likeness (QED) is 0.441. The van der Waals surface area contributed by atoms with Gasteiger partial charge in [0.15, 0.2) is 10.7 Å². The van der Waals surface area contributed by atoms with E-state index in [0.29, 0.717) is 11.4 Å². The van der Waals surface area contributed by atoms with Gasteiger partial charge in [-0.05, 0) is 12.1 Å². The number of hydrogen-bond donors (Lipinski definition) is 1. The average molecular weight is 218 g/mol. The van der Waals surface area contributed by atoms with Crippen molar-refractivity contribution in [2.75, 3.05) is 12.4 Å². The van der Waals surface area contributed by atoms with E-state index < -0.39 is 5.97 Å². The molecule has 2 rings (SSSR count). The second-order valence-electron chi connectivity index (χ2n) is 2.99. The molecule has 0 aliphatic carbocycles. The Morgan fingerprint density at radius 2 is 2.25 bits per heavy atom. The van der Waals surface area contributed by atoms with Crippen LogP contribution in [0.25, 0.3) is 4.98 Å². The summed E-state index contributed by atoms with van der Waals surface area (Å²) in [5.74, 6) is -0.170. The lowest BCUT2D eigenvalue weighted by Crippen LogP contribution is -2.10. The van der Waals surface area contributed by atoms with Gasteiger partial charge in [0.05, 0.1) is 12.8 Å². The lowest BCUT2D eigenvalue weighted by Gasteiger charge is -1.93. The SMILES string of the molecule is COC(=O)C([N+]#N)=C1Nc2ccccc2O1. The number of carbonyl (C=O) groups excluding carboxylic acids is 1. The molecular weight excluding hydrogens is 210 g/mol. The highest BCUT2D eigenvalue weighted by molar-refractivity contribution is 5.92. The Morgan fingerprint density at radius 3 is 2.88 bits per heavy atom. The van der Waals surface area contributed by atoms with E-state index in [1.54, 1.807) is 18.2 Å². The summed E-state index contributed by atoms with van der Waals surface area (Å²) >= 11 is 0. The maximum atomic E-state index is 11.2.